The summed E-state index contributed by atoms with van der Waals surface area (Å²) in [5.74, 6) is 3.88. The number of hydrogen-bond acceptors (Lipinski definition) is 1. The van der Waals surface area contributed by atoms with E-state index in [0.717, 1.165) is 17.8 Å². The van der Waals surface area contributed by atoms with Gasteiger partial charge in [-0.15, -0.1) is 0 Å². The quantitative estimate of drug-likeness (QED) is 0.431. The van der Waals surface area contributed by atoms with Crippen molar-refractivity contribution in [2.24, 2.45) is 29.6 Å². The molecule has 0 spiro atoms. The summed E-state index contributed by atoms with van der Waals surface area (Å²) in [6, 6.07) is 0.568. The normalized spacial score (nSPS) is 60.2. The van der Waals surface area contributed by atoms with Crippen molar-refractivity contribution in [3.63, 3.8) is 0 Å². The molecule has 0 aromatic carbocycles. The maximum Gasteiger partial charge on any atom is 0.225 e. The molecule has 6 atom stereocenters. The molecule has 0 radical (unpaired) electrons. The van der Waals surface area contributed by atoms with E-state index in [-0.39, 0.29) is 0 Å². The minimum Gasteiger partial charge on any atom is -0.352 e. The predicted octanol–water partition coefficient (Wildman–Crippen LogP) is 0.943. The van der Waals surface area contributed by atoms with Gasteiger partial charge < -0.3 is 5.32 Å². The number of amides is 1. The van der Waals surface area contributed by atoms with Crippen molar-refractivity contribution < 1.29 is 4.79 Å². The molecule has 68 valence electrons. The molecule has 3 fully saturated rings. The van der Waals surface area contributed by atoms with Crippen molar-refractivity contribution in [2.45, 2.75) is 18.9 Å². The Morgan fingerprint density at radius 2 is 2.23 bits per heavy atom. The van der Waals surface area contributed by atoms with Gasteiger partial charge in [-0.05, 0) is 36.5 Å². The van der Waals surface area contributed by atoms with Crippen molar-refractivity contribution in [3.8, 4) is 0 Å². The van der Waals surface area contributed by atoms with E-state index in [4.69, 9.17) is 0 Å². The van der Waals surface area contributed by atoms with Gasteiger partial charge in [-0.1, -0.05) is 12.2 Å². The van der Waals surface area contributed by atoms with Crippen LogP contribution in [0.4, 0.5) is 0 Å². The zero-order valence-electron chi connectivity index (χ0n) is 7.44. The van der Waals surface area contributed by atoms with Gasteiger partial charge in [0.1, 0.15) is 0 Å². The molecule has 1 amide bonds. The highest BCUT2D eigenvalue weighted by Crippen LogP contribution is 2.61. The lowest BCUT2D eigenvalue weighted by atomic mass is 9.69. The van der Waals surface area contributed by atoms with Crippen LogP contribution in [0.25, 0.3) is 0 Å². The van der Waals surface area contributed by atoms with Gasteiger partial charge in [0.2, 0.25) is 5.91 Å². The van der Waals surface area contributed by atoms with E-state index in [2.05, 4.69) is 17.5 Å². The maximum absolute atomic E-state index is 11.4. The van der Waals surface area contributed by atoms with E-state index >= 15 is 0 Å². The van der Waals surface area contributed by atoms with Crippen molar-refractivity contribution >= 4 is 5.91 Å². The van der Waals surface area contributed by atoms with Crippen LogP contribution >= 0.6 is 0 Å². The number of nitrogens with one attached hydrogen (secondary N) is 1. The van der Waals surface area contributed by atoms with E-state index in [0.29, 0.717) is 23.8 Å². The number of carbonyl (C=O) groups excluding carboxylic acids is 1. The molecule has 1 saturated heterocycles. The monoisotopic (exact) mass is 175 g/mol. The summed E-state index contributed by atoms with van der Waals surface area (Å²) in [7, 11) is 0. The highest BCUT2D eigenvalue weighted by atomic mass is 16.2. The summed E-state index contributed by atoms with van der Waals surface area (Å²) in [4.78, 5) is 11.4. The topological polar surface area (TPSA) is 29.1 Å². The second-order valence-electron chi connectivity index (χ2n) is 5.03. The summed E-state index contributed by atoms with van der Waals surface area (Å²) >= 11 is 0. The molecular formula is C11H13NO. The molecule has 0 aromatic rings. The second-order valence-corrected chi connectivity index (χ2v) is 5.03. The predicted molar refractivity (Wildman–Crippen MR) is 47.8 cm³/mol. The smallest absolute Gasteiger partial charge is 0.225 e. The molecule has 3 aliphatic carbocycles. The highest BCUT2D eigenvalue weighted by molar-refractivity contribution is 5.87. The molecule has 2 bridgehead atoms. The van der Waals surface area contributed by atoms with E-state index in [1.165, 1.54) is 12.8 Å². The fourth-order valence-electron chi connectivity index (χ4n) is 4.31. The summed E-state index contributed by atoms with van der Waals surface area (Å²) in [5.41, 5.74) is 0. The van der Waals surface area contributed by atoms with E-state index < -0.39 is 0 Å². The van der Waals surface area contributed by atoms with Gasteiger partial charge in [-0.2, -0.15) is 0 Å². The number of rotatable bonds is 0. The number of fused-ring (bicyclic) bond motifs is 8. The molecule has 2 heteroatoms. The van der Waals surface area contributed by atoms with Gasteiger partial charge in [0.15, 0.2) is 0 Å². The number of β-lactam (4-membered cyclic amide) rings is 1. The Bertz CT molecular complexity index is 320. The Kier molecular flexibility index (Phi) is 0.938. The van der Waals surface area contributed by atoms with Crippen LogP contribution in [0.5, 0.6) is 0 Å². The highest BCUT2D eigenvalue weighted by Gasteiger charge is 2.64. The summed E-state index contributed by atoms with van der Waals surface area (Å²) < 4.78 is 0. The number of carbonyl (C=O) groups is 1. The Labute approximate surface area is 77.4 Å². The first kappa shape index (κ1) is 6.63. The lowest BCUT2D eigenvalue weighted by Crippen LogP contribution is -2.63. The van der Waals surface area contributed by atoms with Gasteiger partial charge in [-0.25, -0.2) is 0 Å². The van der Waals surface area contributed by atoms with Gasteiger partial charge in [0.05, 0.1) is 5.92 Å². The van der Waals surface area contributed by atoms with Crippen molar-refractivity contribution in [3.05, 3.63) is 12.2 Å². The standard InChI is InChI=1S/C11H13NO/c13-11-9-7-4-8(10(9)12-11)6-3-1-2-5(6)7/h1-2,5-10H,3-4H2,(H,12,13)/t5-,6+,7+,8-,9+,10-/m0/s1. The summed E-state index contributed by atoms with van der Waals surface area (Å²) in [6.45, 7) is 0. The Hall–Kier alpha value is -0.790. The van der Waals surface area contributed by atoms with Crippen LogP contribution in [-0.2, 0) is 4.79 Å². The Morgan fingerprint density at radius 3 is 3.08 bits per heavy atom. The summed E-state index contributed by atoms with van der Waals surface area (Å²) in [5, 5.41) is 3.08. The lowest BCUT2D eigenvalue weighted by molar-refractivity contribution is -0.139. The van der Waals surface area contributed by atoms with Crippen LogP contribution in [-0.4, -0.2) is 11.9 Å². The van der Waals surface area contributed by atoms with Crippen molar-refractivity contribution in [1.82, 2.24) is 5.32 Å². The fraction of sp³-hybridized carbons (Fsp3) is 0.727. The first-order chi connectivity index (χ1) is 6.36. The average Bonchev–Trinajstić information content (AvgIpc) is 2.68. The minimum absolute atomic E-state index is 0.330. The van der Waals surface area contributed by atoms with Gasteiger partial charge in [-0.3, -0.25) is 4.79 Å². The molecule has 1 aliphatic heterocycles. The third-order valence-corrected chi connectivity index (χ3v) is 4.77. The molecule has 4 aliphatic rings. The molecule has 2 nitrogen and oxygen atoms in total. The van der Waals surface area contributed by atoms with Crippen LogP contribution in [0.3, 0.4) is 0 Å². The average molecular weight is 175 g/mol. The Balaban J connectivity index is 1.77. The molecule has 4 rings (SSSR count). The third kappa shape index (κ3) is 0.560. The lowest BCUT2D eigenvalue weighted by Gasteiger charge is -2.44. The van der Waals surface area contributed by atoms with E-state index in [9.17, 15) is 4.79 Å². The zero-order valence-corrected chi connectivity index (χ0v) is 7.44. The molecule has 2 saturated carbocycles. The van der Waals surface area contributed by atoms with Crippen LogP contribution in [0, 0.1) is 29.6 Å². The van der Waals surface area contributed by atoms with Crippen molar-refractivity contribution in [1.29, 1.82) is 0 Å². The van der Waals surface area contributed by atoms with Crippen LogP contribution in [0.1, 0.15) is 12.8 Å². The SMILES string of the molecule is O=C1N[C@H]2[C@H]3C[C@H]([C@H]4C=CC[C@H]43)[C@@H]12. The zero-order chi connectivity index (χ0) is 8.58. The van der Waals surface area contributed by atoms with Crippen LogP contribution in [0.15, 0.2) is 12.2 Å². The van der Waals surface area contributed by atoms with Gasteiger partial charge in [0.25, 0.3) is 0 Å². The van der Waals surface area contributed by atoms with Gasteiger partial charge in [0, 0.05) is 6.04 Å². The van der Waals surface area contributed by atoms with Crippen LogP contribution < -0.4 is 5.32 Å². The second kappa shape index (κ2) is 1.84. The first-order valence-corrected chi connectivity index (χ1v) is 5.33. The first-order valence-electron chi connectivity index (χ1n) is 5.33. The largest absolute Gasteiger partial charge is 0.352 e. The fourth-order valence-corrected chi connectivity index (χ4v) is 4.31. The maximum atomic E-state index is 11.4. The van der Waals surface area contributed by atoms with E-state index in [1.54, 1.807) is 0 Å². The molecule has 13 heavy (non-hydrogen) atoms. The van der Waals surface area contributed by atoms with Crippen molar-refractivity contribution in [2.75, 3.05) is 0 Å². The molecular weight excluding hydrogens is 162 g/mol. The molecule has 1 heterocycles. The van der Waals surface area contributed by atoms with E-state index in [1.807, 2.05) is 0 Å². The Morgan fingerprint density at radius 1 is 1.31 bits per heavy atom. The van der Waals surface area contributed by atoms with Crippen LogP contribution in [0.2, 0.25) is 0 Å². The molecule has 0 aromatic heterocycles. The minimum atomic E-state index is 0.330. The molecule has 0 unspecified atom stereocenters. The number of hydrogen-bond donors (Lipinski definition) is 1. The third-order valence-electron chi connectivity index (χ3n) is 4.77. The summed E-state index contributed by atoms with van der Waals surface area (Å²) in [6.07, 6.45) is 7.28. The van der Waals surface area contributed by atoms with Gasteiger partial charge >= 0.3 is 0 Å². The molecule has 1 N–H and O–H groups in total. The number of allylic oxidation sites excluding steroid dienone is 2.